The molecule has 0 spiro atoms. The average Bonchev–Trinajstić information content (AvgIpc) is 2.93. The number of rotatable bonds is 3. The van der Waals surface area contributed by atoms with Gasteiger partial charge in [-0.3, -0.25) is 4.79 Å². The second-order valence-corrected chi connectivity index (χ2v) is 5.25. The van der Waals surface area contributed by atoms with Crippen LogP contribution < -0.4 is 10.1 Å². The highest BCUT2D eigenvalue weighted by atomic mass is 16.5. The van der Waals surface area contributed by atoms with Crippen LogP contribution in [0.25, 0.3) is 0 Å². The number of aryl methyl sites for hydroxylation is 1. The normalized spacial score (nSPS) is 20.2. The van der Waals surface area contributed by atoms with Gasteiger partial charge < -0.3 is 10.1 Å². The summed E-state index contributed by atoms with van der Waals surface area (Å²) in [7, 11) is 0. The van der Waals surface area contributed by atoms with Gasteiger partial charge in [0.25, 0.3) is 0 Å². The van der Waals surface area contributed by atoms with Gasteiger partial charge in [0.1, 0.15) is 5.75 Å². The molecule has 96 valence electrons. The highest BCUT2D eigenvalue weighted by Gasteiger charge is 2.29. The molecule has 1 amide bonds. The van der Waals surface area contributed by atoms with Crippen molar-refractivity contribution in [2.75, 3.05) is 13.2 Å². The topological polar surface area (TPSA) is 38.3 Å². The van der Waals surface area contributed by atoms with E-state index in [9.17, 15) is 4.79 Å². The second-order valence-electron chi connectivity index (χ2n) is 5.25. The number of fused-ring (bicyclic) bond motifs is 3. The van der Waals surface area contributed by atoms with E-state index in [0.717, 1.165) is 25.3 Å². The van der Waals surface area contributed by atoms with Gasteiger partial charge in [-0.25, -0.2) is 0 Å². The van der Waals surface area contributed by atoms with E-state index >= 15 is 0 Å². The monoisotopic (exact) mass is 245 g/mol. The van der Waals surface area contributed by atoms with Gasteiger partial charge in [0.2, 0.25) is 5.91 Å². The molecule has 2 aliphatic rings. The number of ether oxygens (including phenoxy) is 1. The molecule has 1 aliphatic heterocycles. The molecule has 0 bridgehead atoms. The predicted octanol–water partition coefficient (Wildman–Crippen LogP) is 2.18. The summed E-state index contributed by atoms with van der Waals surface area (Å²) in [5.41, 5.74) is 4.46. The molecule has 1 aromatic rings. The fourth-order valence-electron chi connectivity index (χ4n) is 3.17. The maximum absolute atomic E-state index is 10.9. The van der Waals surface area contributed by atoms with Gasteiger partial charge in [-0.1, -0.05) is 6.07 Å². The molecular weight excluding hydrogens is 226 g/mol. The molecule has 3 rings (SSSR count). The first-order valence-electron chi connectivity index (χ1n) is 6.77. The second kappa shape index (κ2) is 4.63. The number of amides is 1. The van der Waals surface area contributed by atoms with Crippen LogP contribution >= 0.6 is 0 Å². The van der Waals surface area contributed by atoms with E-state index < -0.39 is 0 Å². The van der Waals surface area contributed by atoms with E-state index in [1.54, 1.807) is 6.92 Å². The molecule has 1 aliphatic carbocycles. The smallest absolute Gasteiger partial charge is 0.216 e. The molecule has 0 aromatic heterocycles. The quantitative estimate of drug-likeness (QED) is 0.886. The molecule has 0 saturated carbocycles. The van der Waals surface area contributed by atoms with Gasteiger partial charge in [0.15, 0.2) is 0 Å². The highest BCUT2D eigenvalue weighted by Crippen LogP contribution is 2.42. The number of hydrogen-bond donors (Lipinski definition) is 1. The largest absolute Gasteiger partial charge is 0.493 e. The zero-order valence-electron chi connectivity index (χ0n) is 10.8. The summed E-state index contributed by atoms with van der Waals surface area (Å²) < 4.78 is 5.78. The SMILES string of the molecule is CC(=O)NCCC1COc2ccc3c(c21)CCC3. The zero-order chi connectivity index (χ0) is 12.5. The average molecular weight is 245 g/mol. The van der Waals surface area contributed by atoms with Crippen molar-refractivity contribution in [2.45, 2.75) is 38.5 Å². The van der Waals surface area contributed by atoms with E-state index in [1.165, 1.54) is 36.0 Å². The Morgan fingerprint density at radius 3 is 3.17 bits per heavy atom. The van der Waals surface area contributed by atoms with E-state index in [-0.39, 0.29) is 5.91 Å². The van der Waals surface area contributed by atoms with Crippen molar-refractivity contribution in [3.63, 3.8) is 0 Å². The lowest BCUT2D eigenvalue weighted by Gasteiger charge is -2.12. The van der Waals surface area contributed by atoms with Crippen LogP contribution in [0.3, 0.4) is 0 Å². The van der Waals surface area contributed by atoms with Crippen molar-refractivity contribution in [3.8, 4) is 5.75 Å². The van der Waals surface area contributed by atoms with Crippen molar-refractivity contribution in [1.82, 2.24) is 5.32 Å². The first-order chi connectivity index (χ1) is 8.75. The number of carbonyl (C=O) groups is 1. The summed E-state index contributed by atoms with van der Waals surface area (Å²) >= 11 is 0. The summed E-state index contributed by atoms with van der Waals surface area (Å²) in [6, 6.07) is 4.34. The maximum atomic E-state index is 10.9. The van der Waals surface area contributed by atoms with Crippen molar-refractivity contribution in [2.24, 2.45) is 0 Å². The van der Waals surface area contributed by atoms with E-state index in [2.05, 4.69) is 17.4 Å². The minimum Gasteiger partial charge on any atom is -0.493 e. The maximum Gasteiger partial charge on any atom is 0.216 e. The van der Waals surface area contributed by atoms with Gasteiger partial charge >= 0.3 is 0 Å². The van der Waals surface area contributed by atoms with Crippen LogP contribution in [0.2, 0.25) is 0 Å². The first-order valence-corrected chi connectivity index (χ1v) is 6.77. The number of nitrogens with one attached hydrogen (secondary N) is 1. The van der Waals surface area contributed by atoms with Crippen LogP contribution in [-0.4, -0.2) is 19.1 Å². The third kappa shape index (κ3) is 1.98. The molecule has 1 unspecified atom stereocenters. The molecule has 1 N–H and O–H groups in total. The number of benzene rings is 1. The van der Waals surface area contributed by atoms with Gasteiger partial charge in [-0.2, -0.15) is 0 Å². The minimum atomic E-state index is 0.0485. The molecule has 3 heteroatoms. The van der Waals surface area contributed by atoms with E-state index in [1.807, 2.05) is 0 Å². The molecule has 1 heterocycles. The lowest BCUT2D eigenvalue weighted by atomic mass is 9.91. The molecule has 1 aromatic carbocycles. The predicted molar refractivity (Wildman–Crippen MR) is 70.0 cm³/mol. The summed E-state index contributed by atoms with van der Waals surface area (Å²) in [4.78, 5) is 10.9. The fraction of sp³-hybridized carbons (Fsp3) is 0.533. The lowest BCUT2D eigenvalue weighted by Crippen LogP contribution is -2.23. The Hall–Kier alpha value is -1.51. The standard InChI is InChI=1S/C15H19NO2/c1-10(17)16-8-7-12-9-18-14-6-5-11-3-2-4-13(11)15(12)14/h5-6,12H,2-4,7-9H2,1H3,(H,16,17). The van der Waals surface area contributed by atoms with Crippen LogP contribution in [0.15, 0.2) is 12.1 Å². The van der Waals surface area contributed by atoms with Crippen LogP contribution in [0, 0.1) is 0 Å². The van der Waals surface area contributed by atoms with Gasteiger partial charge in [-0.05, 0) is 42.9 Å². The number of hydrogen-bond acceptors (Lipinski definition) is 2. The minimum absolute atomic E-state index is 0.0485. The van der Waals surface area contributed by atoms with Crippen LogP contribution in [0.4, 0.5) is 0 Å². The van der Waals surface area contributed by atoms with Crippen molar-refractivity contribution >= 4 is 5.91 Å². The van der Waals surface area contributed by atoms with Crippen LogP contribution in [0.1, 0.15) is 42.4 Å². The third-order valence-corrected chi connectivity index (χ3v) is 4.00. The summed E-state index contributed by atoms with van der Waals surface area (Å²) in [5.74, 6) is 1.58. The molecule has 0 saturated heterocycles. The van der Waals surface area contributed by atoms with E-state index in [4.69, 9.17) is 4.74 Å². The zero-order valence-corrected chi connectivity index (χ0v) is 10.8. The third-order valence-electron chi connectivity index (χ3n) is 4.00. The summed E-state index contributed by atoms with van der Waals surface area (Å²) in [6.45, 7) is 3.08. The Balaban J connectivity index is 1.78. The van der Waals surface area contributed by atoms with Gasteiger partial charge in [-0.15, -0.1) is 0 Å². The van der Waals surface area contributed by atoms with Crippen molar-refractivity contribution < 1.29 is 9.53 Å². The number of carbonyl (C=O) groups excluding carboxylic acids is 1. The molecule has 0 fully saturated rings. The lowest BCUT2D eigenvalue weighted by molar-refractivity contribution is -0.118. The van der Waals surface area contributed by atoms with Gasteiger partial charge in [0, 0.05) is 24.9 Å². The molecule has 1 atom stereocenters. The molecule has 18 heavy (non-hydrogen) atoms. The molecular formula is C15H19NO2. The molecule has 0 radical (unpaired) electrons. The van der Waals surface area contributed by atoms with Crippen LogP contribution in [0.5, 0.6) is 5.75 Å². The summed E-state index contributed by atoms with van der Waals surface area (Å²) in [6.07, 6.45) is 4.65. The Bertz CT molecular complexity index is 482. The van der Waals surface area contributed by atoms with Crippen molar-refractivity contribution in [1.29, 1.82) is 0 Å². The fourth-order valence-corrected chi connectivity index (χ4v) is 3.17. The van der Waals surface area contributed by atoms with Crippen LogP contribution in [-0.2, 0) is 17.6 Å². The Labute approximate surface area is 108 Å². The van der Waals surface area contributed by atoms with Crippen molar-refractivity contribution in [3.05, 3.63) is 28.8 Å². The highest BCUT2D eigenvalue weighted by molar-refractivity contribution is 5.72. The Morgan fingerprint density at radius 1 is 1.44 bits per heavy atom. The van der Waals surface area contributed by atoms with Gasteiger partial charge in [0.05, 0.1) is 6.61 Å². The van der Waals surface area contributed by atoms with E-state index in [0.29, 0.717) is 5.92 Å². The summed E-state index contributed by atoms with van der Waals surface area (Å²) in [5, 5.41) is 2.88. The Kier molecular flexibility index (Phi) is 2.98. The molecule has 3 nitrogen and oxygen atoms in total. The Morgan fingerprint density at radius 2 is 2.33 bits per heavy atom. The first kappa shape index (κ1) is 11.6.